The van der Waals surface area contributed by atoms with Crippen LogP contribution in [0.1, 0.15) is 44.5 Å². The van der Waals surface area contributed by atoms with Crippen LogP contribution >= 0.6 is 0 Å². The highest BCUT2D eigenvalue weighted by atomic mass is 14.7. The van der Waals surface area contributed by atoms with Crippen molar-refractivity contribution in [3.8, 4) is 22.3 Å². The van der Waals surface area contributed by atoms with Gasteiger partial charge in [-0.15, -0.1) is 0 Å². The average molecular weight is 467 g/mol. The van der Waals surface area contributed by atoms with Crippen LogP contribution in [0.15, 0.2) is 121 Å². The summed E-state index contributed by atoms with van der Waals surface area (Å²) in [5, 5.41) is 2.78. The summed E-state index contributed by atoms with van der Waals surface area (Å²) in [5.41, 5.74) is 16.8. The van der Waals surface area contributed by atoms with Crippen molar-refractivity contribution in [3.05, 3.63) is 166 Å². The molecule has 10 rings (SSSR count). The molecule has 4 aliphatic rings. The Hall–Kier alpha value is -4.42. The molecule has 0 saturated carbocycles. The van der Waals surface area contributed by atoms with Gasteiger partial charge >= 0.3 is 0 Å². The molecule has 0 fully saturated rings. The van der Waals surface area contributed by atoms with E-state index in [1.165, 1.54) is 77.5 Å². The van der Waals surface area contributed by atoms with Crippen LogP contribution in [0.2, 0.25) is 0 Å². The molecule has 37 heavy (non-hydrogen) atoms. The molecule has 0 nitrogen and oxygen atoms in total. The molecule has 0 bridgehead atoms. The van der Waals surface area contributed by atoms with Crippen LogP contribution in [0.3, 0.4) is 0 Å². The van der Waals surface area contributed by atoms with Crippen molar-refractivity contribution in [2.45, 2.75) is 17.3 Å². The van der Waals surface area contributed by atoms with Crippen LogP contribution in [-0.4, -0.2) is 0 Å². The first-order valence-corrected chi connectivity index (χ1v) is 13.3. The standard InChI is InChI=1S/C37H22/c1-3-15-27-25(13-1)26-14-2-4-16-28(26)37-30-18-6-10-22-9-5-17-29(33(22)30)36(27,37)31-19-7-11-23-21-24-12-8-20-32(37)35(24)34(23)31/h1-20H,21H2. The predicted molar refractivity (Wildman–Crippen MR) is 150 cm³/mol. The fraction of sp³-hybridized carbons (Fsp3) is 0.0811. The summed E-state index contributed by atoms with van der Waals surface area (Å²) in [7, 11) is 0. The summed E-state index contributed by atoms with van der Waals surface area (Å²) >= 11 is 0. The summed E-state index contributed by atoms with van der Waals surface area (Å²) in [6.07, 6.45) is 1.02. The van der Waals surface area contributed by atoms with E-state index in [0.29, 0.717) is 0 Å². The van der Waals surface area contributed by atoms with Gasteiger partial charge in [0.1, 0.15) is 0 Å². The quantitative estimate of drug-likeness (QED) is 0.211. The van der Waals surface area contributed by atoms with Crippen LogP contribution in [0.4, 0.5) is 0 Å². The van der Waals surface area contributed by atoms with Gasteiger partial charge in [0.05, 0.1) is 10.8 Å². The molecular weight excluding hydrogens is 444 g/mol. The second-order valence-electron chi connectivity index (χ2n) is 11.2. The van der Waals surface area contributed by atoms with Gasteiger partial charge in [-0.05, 0) is 84.0 Å². The summed E-state index contributed by atoms with van der Waals surface area (Å²) < 4.78 is 0. The monoisotopic (exact) mass is 466 g/mol. The Morgan fingerprint density at radius 1 is 0.378 bits per heavy atom. The molecule has 0 saturated heterocycles. The molecule has 0 aromatic heterocycles. The zero-order chi connectivity index (χ0) is 23.9. The van der Waals surface area contributed by atoms with Crippen LogP contribution < -0.4 is 0 Å². The van der Waals surface area contributed by atoms with Gasteiger partial charge in [-0.1, -0.05) is 121 Å². The molecule has 0 aliphatic heterocycles. The first kappa shape index (κ1) is 18.8. The minimum atomic E-state index is -0.331. The molecule has 2 atom stereocenters. The van der Waals surface area contributed by atoms with Gasteiger partial charge in [-0.2, -0.15) is 0 Å². The third-order valence-corrected chi connectivity index (χ3v) is 9.97. The van der Waals surface area contributed by atoms with Crippen LogP contribution in [-0.2, 0) is 17.3 Å². The predicted octanol–water partition coefficient (Wildman–Crippen LogP) is 8.39. The summed E-state index contributed by atoms with van der Waals surface area (Å²) in [5.74, 6) is 0. The molecule has 0 radical (unpaired) electrons. The van der Waals surface area contributed by atoms with Crippen molar-refractivity contribution in [1.29, 1.82) is 0 Å². The maximum atomic E-state index is 2.45. The van der Waals surface area contributed by atoms with Gasteiger partial charge in [0.15, 0.2) is 0 Å². The maximum absolute atomic E-state index is 2.45. The smallest absolute Gasteiger partial charge is 0.0619 e. The van der Waals surface area contributed by atoms with E-state index in [1.807, 2.05) is 0 Å². The highest BCUT2D eigenvalue weighted by Gasteiger charge is 2.68. The fourth-order valence-corrected chi connectivity index (χ4v) is 9.05. The van der Waals surface area contributed by atoms with Crippen molar-refractivity contribution in [2.24, 2.45) is 0 Å². The molecule has 0 heterocycles. The molecule has 0 amide bonds. The van der Waals surface area contributed by atoms with E-state index in [-0.39, 0.29) is 10.8 Å². The normalized spacial score (nSPS) is 22.2. The Balaban J connectivity index is 1.60. The summed E-state index contributed by atoms with van der Waals surface area (Å²) in [4.78, 5) is 0. The fourth-order valence-electron chi connectivity index (χ4n) is 9.05. The van der Waals surface area contributed by atoms with E-state index in [0.717, 1.165) is 6.42 Å². The zero-order valence-electron chi connectivity index (χ0n) is 20.3. The van der Waals surface area contributed by atoms with Crippen molar-refractivity contribution in [1.82, 2.24) is 0 Å². The van der Waals surface area contributed by atoms with Crippen LogP contribution in [0.25, 0.3) is 33.0 Å². The number of hydrogen-bond acceptors (Lipinski definition) is 0. The van der Waals surface area contributed by atoms with Crippen molar-refractivity contribution < 1.29 is 0 Å². The van der Waals surface area contributed by atoms with Gasteiger partial charge in [-0.3, -0.25) is 0 Å². The van der Waals surface area contributed by atoms with Crippen molar-refractivity contribution in [2.75, 3.05) is 0 Å². The second kappa shape index (κ2) is 5.93. The topological polar surface area (TPSA) is 0 Å². The lowest BCUT2D eigenvalue weighted by Gasteiger charge is -2.56. The van der Waals surface area contributed by atoms with E-state index in [4.69, 9.17) is 0 Å². The molecule has 2 unspecified atom stereocenters. The Labute approximate surface area is 215 Å². The van der Waals surface area contributed by atoms with E-state index in [2.05, 4.69) is 121 Å². The molecular formula is C37H22. The minimum Gasteiger partial charge on any atom is -0.0619 e. The third-order valence-electron chi connectivity index (χ3n) is 9.97. The van der Waals surface area contributed by atoms with Crippen LogP contribution in [0.5, 0.6) is 0 Å². The zero-order valence-corrected chi connectivity index (χ0v) is 20.3. The Morgan fingerprint density at radius 2 is 0.811 bits per heavy atom. The summed E-state index contributed by atoms with van der Waals surface area (Å²) in [6.45, 7) is 0. The Morgan fingerprint density at radius 3 is 1.35 bits per heavy atom. The van der Waals surface area contributed by atoms with Gasteiger partial charge in [-0.25, -0.2) is 0 Å². The van der Waals surface area contributed by atoms with Gasteiger partial charge < -0.3 is 0 Å². The van der Waals surface area contributed by atoms with Crippen molar-refractivity contribution in [3.63, 3.8) is 0 Å². The third kappa shape index (κ3) is 1.72. The molecule has 4 aliphatic carbocycles. The Bertz CT molecular complexity index is 1880. The summed E-state index contributed by atoms with van der Waals surface area (Å²) in [6, 6.07) is 46.8. The molecule has 0 spiro atoms. The lowest BCUT2D eigenvalue weighted by Crippen LogP contribution is -2.54. The lowest BCUT2D eigenvalue weighted by atomic mass is 9.43. The molecule has 6 aromatic carbocycles. The van der Waals surface area contributed by atoms with Gasteiger partial charge in [0, 0.05) is 0 Å². The number of fused-ring (bicyclic) bond motifs is 3. The largest absolute Gasteiger partial charge is 0.0648 e. The van der Waals surface area contributed by atoms with E-state index in [9.17, 15) is 0 Å². The molecule has 0 heteroatoms. The second-order valence-corrected chi connectivity index (χ2v) is 11.2. The molecule has 6 aromatic rings. The van der Waals surface area contributed by atoms with E-state index in [1.54, 1.807) is 0 Å². The maximum Gasteiger partial charge on any atom is 0.0648 e. The number of hydrogen-bond donors (Lipinski definition) is 0. The molecule has 170 valence electrons. The van der Waals surface area contributed by atoms with Crippen molar-refractivity contribution >= 4 is 10.8 Å². The highest BCUT2D eigenvalue weighted by Crippen LogP contribution is 2.74. The van der Waals surface area contributed by atoms with E-state index < -0.39 is 0 Å². The number of rotatable bonds is 0. The first-order valence-electron chi connectivity index (χ1n) is 13.3. The average Bonchev–Trinajstić information content (AvgIpc) is 3.48. The molecule has 0 N–H and O–H groups in total. The number of benzene rings is 6. The lowest BCUT2D eigenvalue weighted by molar-refractivity contribution is 0.432. The minimum absolute atomic E-state index is 0.331. The van der Waals surface area contributed by atoms with E-state index >= 15 is 0 Å². The SMILES string of the molecule is c1ccc2c(c1)-c1ccccc1C13c4cccc5c4-c4c(cccc4C21c1cccc2cccc3c12)C5. The highest BCUT2D eigenvalue weighted by molar-refractivity contribution is 6.06. The van der Waals surface area contributed by atoms with Gasteiger partial charge in [0.2, 0.25) is 0 Å². The first-order chi connectivity index (χ1) is 18.4. The Kier molecular flexibility index (Phi) is 3.01. The van der Waals surface area contributed by atoms with Crippen LogP contribution in [0, 0.1) is 0 Å². The van der Waals surface area contributed by atoms with Gasteiger partial charge in [0.25, 0.3) is 0 Å².